The first-order valence-corrected chi connectivity index (χ1v) is 9.89. The van der Waals surface area contributed by atoms with Crippen LogP contribution in [-0.4, -0.2) is 17.9 Å². The molecule has 0 spiro atoms. The van der Waals surface area contributed by atoms with Crippen LogP contribution in [0.4, 0.5) is 5.69 Å². The molecule has 29 heavy (non-hydrogen) atoms. The van der Waals surface area contributed by atoms with Crippen LogP contribution in [0, 0.1) is 0 Å². The fourth-order valence-corrected chi connectivity index (χ4v) is 3.08. The van der Waals surface area contributed by atoms with Crippen LogP contribution in [0.5, 0.6) is 5.75 Å². The molecule has 3 aromatic carbocycles. The Morgan fingerprint density at radius 1 is 1.00 bits per heavy atom. The van der Waals surface area contributed by atoms with Crippen LogP contribution in [0.25, 0.3) is 0 Å². The Kier molecular flexibility index (Phi) is 7.14. The Morgan fingerprint density at radius 2 is 1.76 bits per heavy atom. The van der Waals surface area contributed by atoms with E-state index in [-0.39, 0.29) is 5.91 Å². The van der Waals surface area contributed by atoms with Crippen molar-refractivity contribution >= 4 is 23.2 Å². The van der Waals surface area contributed by atoms with Crippen molar-refractivity contribution in [2.24, 2.45) is 0 Å². The van der Waals surface area contributed by atoms with Crippen molar-refractivity contribution in [1.29, 1.82) is 0 Å². The quantitative estimate of drug-likeness (QED) is 0.534. The lowest BCUT2D eigenvalue weighted by atomic mass is 10.1. The van der Waals surface area contributed by atoms with Crippen LogP contribution in [0.1, 0.15) is 23.6 Å². The van der Waals surface area contributed by atoms with Gasteiger partial charge in [-0.15, -0.1) is 0 Å². The number of nitrogens with one attached hydrogen (secondary N) is 1. The molecule has 3 rings (SSSR count). The van der Waals surface area contributed by atoms with E-state index in [9.17, 15) is 4.79 Å². The predicted octanol–water partition coefficient (Wildman–Crippen LogP) is 5.51. The molecular weight excluding hydrogens is 384 g/mol. The smallest absolute Gasteiger partial charge is 0.219 e. The molecule has 1 N–H and O–H groups in total. The number of nitrogens with zero attached hydrogens (tertiary/aromatic N) is 1. The van der Waals surface area contributed by atoms with Crippen molar-refractivity contribution in [3.63, 3.8) is 0 Å². The Labute approximate surface area is 177 Å². The van der Waals surface area contributed by atoms with Crippen molar-refractivity contribution in [3.8, 4) is 5.75 Å². The van der Waals surface area contributed by atoms with E-state index in [4.69, 9.17) is 16.3 Å². The van der Waals surface area contributed by atoms with E-state index in [1.165, 1.54) is 0 Å². The minimum atomic E-state index is 0.0527. The van der Waals surface area contributed by atoms with Crippen LogP contribution in [0.2, 0.25) is 5.02 Å². The van der Waals surface area contributed by atoms with Gasteiger partial charge in [0.05, 0.1) is 0 Å². The van der Waals surface area contributed by atoms with E-state index < -0.39 is 0 Å². The molecule has 0 fully saturated rings. The highest BCUT2D eigenvalue weighted by Crippen LogP contribution is 2.20. The summed E-state index contributed by atoms with van der Waals surface area (Å²) in [4.78, 5) is 13.1. The van der Waals surface area contributed by atoms with Gasteiger partial charge in [-0.2, -0.15) is 0 Å². The number of ether oxygens (including phenoxy) is 1. The first kappa shape index (κ1) is 20.7. The van der Waals surface area contributed by atoms with Crippen molar-refractivity contribution < 1.29 is 9.53 Å². The minimum Gasteiger partial charge on any atom is -0.489 e. The molecule has 0 radical (unpaired) electrons. The number of amides is 1. The van der Waals surface area contributed by atoms with Crippen LogP contribution >= 0.6 is 11.6 Å². The largest absolute Gasteiger partial charge is 0.489 e. The highest BCUT2D eigenvalue weighted by molar-refractivity contribution is 6.31. The summed E-state index contributed by atoms with van der Waals surface area (Å²) in [5, 5.41) is 4.14. The molecule has 0 saturated carbocycles. The summed E-state index contributed by atoms with van der Waals surface area (Å²) in [6.45, 7) is 3.27. The summed E-state index contributed by atoms with van der Waals surface area (Å²) in [7, 11) is 1.80. The topological polar surface area (TPSA) is 41.6 Å². The molecule has 0 heterocycles. The van der Waals surface area contributed by atoms with Gasteiger partial charge < -0.3 is 15.0 Å². The molecule has 150 valence electrons. The third-order valence-corrected chi connectivity index (χ3v) is 5.00. The first-order chi connectivity index (χ1) is 14.0. The highest BCUT2D eigenvalue weighted by Gasteiger charge is 2.05. The molecule has 0 aliphatic heterocycles. The van der Waals surface area contributed by atoms with Gasteiger partial charge in [0.1, 0.15) is 12.4 Å². The van der Waals surface area contributed by atoms with Crippen molar-refractivity contribution in [2.75, 3.05) is 12.4 Å². The summed E-state index contributed by atoms with van der Waals surface area (Å²) < 4.78 is 5.90. The number of anilines is 1. The average molecular weight is 409 g/mol. The standard InChI is InChI=1S/C24H25ClN2O2/c1-18(28)27(2)16-20-8-5-10-22(13-20)26-15-19-7-6-11-23(14-19)29-17-21-9-3-4-12-24(21)25/h3-14,26H,15-17H2,1-2H3. The maximum atomic E-state index is 11.4. The lowest BCUT2D eigenvalue weighted by Crippen LogP contribution is -2.22. The van der Waals surface area contributed by atoms with Gasteiger partial charge in [-0.1, -0.05) is 54.1 Å². The Bertz CT molecular complexity index is 974. The lowest BCUT2D eigenvalue weighted by molar-refractivity contribution is -0.128. The number of benzene rings is 3. The zero-order valence-corrected chi connectivity index (χ0v) is 17.4. The molecule has 4 nitrogen and oxygen atoms in total. The predicted molar refractivity (Wildman–Crippen MR) is 118 cm³/mol. The second-order valence-corrected chi connectivity index (χ2v) is 7.36. The van der Waals surface area contributed by atoms with Gasteiger partial charge >= 0.3 is 0 Å². The Balaban J connectivity index is 1.58. The third-order valence-electron chi connectivity index (χ3n) is 4.63. The van der Waals surface area contributed by atoms with E-state index in [0.717, 1.165) is 28.1 Å². The monoisotopic (exact) mass is 408 g/mol. The van der Waals surface area contributed by atoms with E-state index in [2.05, 4.69) is 17.4 Å². The van der Waals surface area contributed by atoms with E-state index in [1.54, 1.807) is 18.9 Å². The third kappa shape index (κ3) is 6.26. The average Bonchev–Trinajstić information content (AvgIpc) is 2.72. The summed E-state index contributed by atoms with van der Waals surface area (Å²) in [5.74, 6) is 0.859. The normalized spacial score (nSPS) is 10.4. The molecule has 0 saturated heterocycles. The zero-order valence-electron chi connectivity index (χ0n) is 16.7. The molecule has 0 bridgehead atoms. The van der Waals surface area contributed by atoms with Gasteiger partial charge in [0, 0.05) is 43.3 Å². The summed E-state index contributed by atoms with van der Waals surface area (Å²) in [5.41, 5.74) is 4.18. The SMILES string of the molecule is CC(=O)N(C)Cc1cccc(NCc2cccc(OCc3ccccc3Cl)c2)c1. The number of carbonyl (C=O) groups is 1. The van der Waals surface area contributed by atoms with Crippen LogP contribution in [-0.2, 0) is 24.5 Å². The molecule has 0 atom stereocenters. The molecule has 0 aromatic heterocycles. The van der Waals surface area contributed by atoms with Crippen LogP contribution < -0.4 is 10.1 Å². The Hall–Kier alpha value is -2.98. The van der Waals surface area contributed by atoms with Gasteiger partial charge in [0.15, 0.2) is 0 Å². The fourth-order valence-electron chi connectivity index (χ4n) is 2.89. The molecule has 1 amide bonds. The molecule has 0 aliphatic carbocycles. The summed E-state index contributed by atoms with van der Waals surface area (Å²) in [6, 6.07) is 23.8. The van der Waals surface area contributed by atoms with E-state index >= 15 is 0 Å². The van der Waals surface area contributed by atoms with Crippen molar-refractivity contribution in [1.82, 2.24) is 4.90 Å². The second kappa shape index (κ2) is 9.99. The van der Waals surface area contributed by atoms with Crippen LogP contribution in [0.15, 0.2) is 72.8 Å². The maximum Gasteiger partial charge on any atom is 0.219 e. The van der Waals surface area contributed by atoms with Gasteiger partial charge in [0.25, 0.3) is 0 Å². The molecule has 0 aliphatic rings. The number of carbonyl (C=O) groups excluding carboxylic acids is 1. The Morgan fingerprint density at radius 3 is 2.55 bits per heavy atom. The highest BCUT2D eigenvalue weighted by atomic mass is 35.5. The number of halogens is 1. The fraction of sp³-hybridized carbons (Fsp3) is 0.208. The first-order valence-electron chi connectivity index (χ1n) is 9.51. The molecule has 0 unspecified atom stereocenters. The molecule has 5 heteroatoms. The van der Waals surface area contributed by atoms with Crippen molar-refractivity contribution in [3.05, 3.63) is 94.5 Å². The van der Waals surface area contributed by atoms with Gasteiger partial charge in [-0.05, 0) is 41.5 Å². The minimum absolute atomic E-state index is 0.0527. The number of hydrogen-bond acceptors (Lipinski definition) is 3. The zero-order chi connectivity index (χ0) is 20.6. The van der Waals surface area contributed by atoms with E-state index in [0.29, 0.717) is 24.7 Å². The lowest BCUT2D eigenvalue weighted by Gasteiger charge is -2.16. The van der Waals surface area contributed by atoms with Crippen molar-refractivity contribution in [2.45, 2.75) is 26.6 Å². The van der Waals surface area contributed by atoms with Gasteiger partial charge in [-0.25, -0.2) is 0 Å². The van der Waals surface area contributed by atoms with Gasteiger partial charge in [0.2, 0.25) is 5.91 Å². The van der Waals surface area contributed by atoms with E-state index in [1.807, 2.05) is 60.7 Å². The molecular formula is C24H25ClN2O2. The molecule has 3 aromatic rings. The summed E-state index contributed by atoms with van der Waals surface area (Å²) in [6.07, 6.45) is 0. The van der Waals surface area contributed by atoms with Gasteiger partial charge in [-0.3, -0.25) is 4.79 Å². The number of hydrogen-bond donors (Lipinski definition) is 1. The summed E-state index contributed by atoms with van der Waals surface area (Å²) >= 11 is 6.19. The van der Waals surface area contributed by atoms with Crippen LogP contribution in [0.3, 0.4) is 0 Å². The second-order valence-electron chi connectivity index (χ2n) is 6.96. The maximum absolute atomic E-state index is 11.4. The number of rotatable bonds is 8.